The molecule has 0 aliphatic carbocycles. The van der Waals surface area contributed by atoms with Gasteiger partial charge >= 0.3 is 0 Å². The van der Waals surface area contributed by atoms with Gasteiger partial charge in [-0.1, -0.05) is 15.9 Å². The maximum Gasteiger partial charge on any atom is 0.153 e. The minimum absolute atomic E-state index is 0.203. The molecule has 3 aromatic carbocycles. The van der Waals surface area contributed by atoms with Gasteiger partial charge in [0.05, 0.1) is 26.5 Å². The summed E-state index contributed by atoms with van der Waals surface area (Å²) in [4.78, 5) is 3.67. The zero-order valence-corrected chi connectivity index (χ0v) is 19.7. The average molecular weight is 494 g/mol. The predicted octanol–water partition coefficient (Wildman–Crippen LogP) is 4.74. The highest BCUT2D eigenvalue weighted by molar-refractivity contribution is 9.10. The van der Waals surface area contributed by atoms with Crippen LogP contribution < -0.4 is 19.5 Å². The quantitative estimate of drug-likeness (QED) is 0.407. The highest BCUT2D eigenvalue weighted by Gasteiger charge is 2.29. The minimum atomic E-state index is 0.203. The molecule has 0 saturated carbocycles. The SMILES string of the molecule is COc1ccc2[nH]c3c(c2c1)CC[NH2+][C@H]3c1ccc(OC)c(COc2ccc(Br)cc2)c1. The molecule has 1 aliphatic heterocycles. The van der Waals surface area contributed by atoms with Crippen molar-refractivity contribution in [2.75, 3.05) is 20.8 Å². The molecule has 1 aliphatic rings. The molecular weight excluding hydrogens is 468 g/mol. The summed E-state index contributed by atoms with van der Waals surface area (Å²) in [5.41, 5.74) is 6.08. The van der Waals surface area contributed by atoms with Crippen molar-refractivity contribution in [2.24, 2.45) is 0 Å². The van der Waals surface area contributed by atoms with E-state index in [-0.39, 0.29) is 6.04 Å². The number of methoxy groups -OCH3 is 2. The Morgan fingerprint density at radius 3 is 2.56 bits per heavy atom. The van der Waals surface area contributed by atoms with Crippen LogP contribution in [0.4, 0.5) is 0 Å². The van der Waals surface area contributed by atoms with Gasteiger partial charge in [0, 0.05) is 32.9 Å². The summed E-state index contributed by atoms with van der Waals surface area (Å²) >= 11 is 3.46. The first kappa shape index (κ1) is 20.9. The number of rotatable bonds is 6. The summed E-state index contributed by atoms with van der Waals surface area (Å²) < 4.78 is 18.1. The number of nitrogens with two attached hydrogens (primary N) is 1. The maximum atomic E-state index is 6.04. The van der Waals surface area contributed by atoms with E-state index in [4.69, 9.17) is 14.2 Å². The lowest BCUT2D eigenvalue weighted by Crippen LogP contribution is -2.87. The molecule has 5 rings (SSSR count). The van der Waals surface area contributed by atoms with Crippen LogP contribution in [0.2, 0.25) is 0 Å². The van der Waals surface area contributed by atoms with Crippen LogP contribution in [-0.4, -0.2) is 25.7 Å². The van der Waals surface area contributed by atoms with E-state index in [9.17, 15) is 0 Å². The zero-order chi connectivity index (χ0) is 22.1. The molecular formula is C26H26BrN2O3+. The topological polar surface area (TPSA) is 60.1 Å². The van der Waals surface area contributed by atoms with E-state index in [1.54, 1.807) is 14.2 Å². The third-order valence-corrected chi connectivity index (χ3v) is 6.65. The molecule has 32 heavy (non-hydrogen) atoms. The number of halogens is 1. The molecule has 0 spiro atoms. The van der Waals surface area contributed by atoms with Gasteiger partial charge in [-0.15, -0.1) is 0 Å². The number of H-pyrrole nitrogens is 1. The first-order valence-electron chi connectivity index (χ1n) is 10.7. The van der Waals surface area contributed by atoms with Crippen LogP contribution in [0.25, 0.3) is 10.9 Å². The van der Waals surface area contributed by atoms with Gasteiger partial charge in [-0.25, -0.2) is 0 Å². The Hall–Kier alpha value is -2.96. The Kier molecular flexibility index (Phi) is 5.81. The molecule has 0 radical (unpaired) electrons. The zero-order valence-electron chi connectivity index (χ0n) is 18.2. The summed E-state index contributed by atoms with van der Waals surface area (Å²) in [5, 5.41) is 3.65. The third kappa shape index (κ3) is 3.96. The van der Waals surface area contributed by atoms with Crippen molar-refractivity contribution in [1.82, 2.24) is 4.98 Å². The van der Waals surface area contributed by atoms with E-state index in [2.05, 4.69) is 50.5 Å². The van der Waals surface area contributed by atoms with Gasteiger partial charge in [-0.2, -0.15) is 0 Å². The molecule has 0 saturated heterocycles. The van der Waals surface area contributed by atoms with Crippen molar-refractivity contribution in [2.45, 2.75) is 19.1 Å². The molecule has 1 atom stereocenters. The second-order valence-corrected chi connectivity index (χ2v) is 8.91. The van der Waals surface area contributed by atoms with Crippen molar-refractivity contribution in [1.29, 1.82) is 0 Å². The molecule has 164 valence electrons. The Balaban J connectivity index is 1.47. The van der Waals surface area contributed by atoms with Crippen LogP contribution in [-0.2, 0) is 13.0 Å². The molecule has 3 N–H and O–H groups in total. The number of aromatic amines is 1. The number of quaternary nitrogens is 1. The van der Waals surface area contributed by atoms with Gasteiger partial charge in [0.25, 0.3) is 0 Å². The number of hydrogen-bond donors (Lipinski definition) is 2. The second-order valence-electron chi connectivity index (χ2n) is 7.99. The molecule has 5 nitrogen and oxygen atoms in total. The first-order valence-corrected chi connectivity index (χ1v) is 11.5. The molecule has 2 heterocycles. The Morgan fingerprint density at radius 2 is 1.78 bits per heavy atom. The van der Waals surface area contributed by atoms with E-state index in [1.807, 2.05) is 36.4 Å². The summed E-state index contributed by atoms with van der Waals surface area (Å²) in [5.74, 6) is 2.56. The van der Waals surface area contributed by atoms with E-state index >= 15 is 0 Å². The Labute approximate surface area is 195 Å². The van der Waals surface area contributed by atoms with Crippen molar-refractivity contribution < 1.29 is 19.5 Å². The van der Waals surface area contributed by atoms with Crippen LogP contribution >= 0.6 is 15.9 Å². The summed E-state index contributed by atoms with van der Waals surface area (Å²) in [6.07, 6.45) is 1.04. The van der Waals surface area contributed by atoms with E-state index in [0.29, 0.717) is 6.61 Å². The predicted molar refractivity (Wildman–Crippen MR) is 129 cm³/mol. The van der Waals surface area contributed by atoms with Crippen LogP contribution in [0.1, 0.15) is 28.4 Å². The lowest BCUT2D eigenvalue weighted by Gasteiger charge is -2.22. The van der Waals surface area contributed by atoms with Crippen LogP contribution in [0.15, 0.2) is 65.1 Å². The fraction of sp³-hybridized carbons (Fsp3) is 0.231. The van der Waals surface area contributed by atoms with Gasteiger partial charge in [0.1, 0.15) is 23.9 Å². The second kappa shape index (κ2) is 8.88. The van der Waals surface area contributed by atoms with E-state index in [0.717, 1.165) is 45.8 Å². The fourth-order valence-corrected chi connectivity index (χ4v) is 4.79. The number of fused-ring (bicyclic) bond motifs is 3. The smallest absolute Gasteiger partial charge is 0.153 e. The van der Waals surface area contributed by atoms with Crippen molar-refractivity contribution in [3.8, 4) is 17.2 Å². The average Bonchev–Trinajstić information content (AvgIpc) is 3.21. The normalized spacial score (nSPS) is 15.4. The Morgan fingerprint density at radius 1 is 0.969 bits per heavy atom. The molecule has 6 heteroatoms. The first-order chi connectivity index (χ1) is 15.7. The van der Waals surface area contributed by atoms with Crippen LogP contribution in [0.5, 0.6) is 17.2 Å². The van der Waals surface area contributed by atoms with Gasteiger partial charge in [-0.05, 0) is 66.2 Å². The van der Waals surface area contributed by atoms with E-state index < -0.39 is 0 Å². The molecule has 0 fully saturated rings. The van der Waals surface area contributed by atoms with Gasteiger partial charge in [0.15, 0.2) is 6.04 Å². The van der Waals surface area contributed by atoms with Crippen molar-refractivity contribution in [3.63, 3.8) is 0 Å². The highest BCUT2D eigenvalue weighted by atomic mass is 79.9. The summed E-state index contributed by atoms with van der Waals surface area (Å²) in [6.45, 7) is 1.49. The molecule has 0 bridgehead atoms. The minimum Gasteiger partial charge on any atom is -0.497 e. The van der Waals surface area contributed by atoms with Gasteiger partial charge in [-0.3, -0.25) is 0 Å². The summed E-state index contributed by atoms with van der Waals surface area (Å²) in [7, 11) is 3.42. The Bertz CT molecular complexity index is 1250. The lowest BCUT2D eigenvalue weighted by atomic mass is 9.93. The largest absolute Gasteiger partial charge is 0.497 e. The fourth-order valence-electron chi connectivity index (χ4n) is 4.52. The number of ether oxygens (including phenoxy) is 3. The highest BCUT2D eigenvalue weighted by Crippen LogP contribution is 2.34. The van der Waals surface area contributed by atoms with Crippen LogP contribution in [0.3, 0.4) is 0 Å². The summed E-state index contributed by atoms with van der Waals surface area (Å²) in [6, 6.07) is 20.7. The van der Waals surface area contributed by atoms with Crippen molar-refractivity contribution in [3.05, 3.63) is 87.5 Å². The number of hydrogen-bond acceptors (Lipinski definition) is 3. The third-order valence-electron chi connectivity index (χ3n) is 6.13. The van der Waals surface area contributed by atoms with Gasteiger partial charge in [0.2, 0.25) is 0 Å². The molecule has 1 aromatic heterocycles. The standard InChI is InChI=1S/C26H25BrN2O3/c1-30-20-8-9-23-22(14-20)21-11-12-28-25(26(21)29-23)16-3-10-24(31-2)17(13-16)15-32-19-6-4-18(27)5-7-19/h3-10,13-14,25,28-29H,11-12,15H2,1-2H3/p+1/t25-/m0/s1. The monoisotopic (exact) mass is 493 g/mol. The lowest BCUT2D eigenvalue weighted by molar-refractivity contribution is -0.690. The number of benzene rings is 3. The van der Waals surface area contributed by atoms with Gasteiger partial charge < -0.3 is 24.5 Å². The molecule has 4 aromatic rings. The van der Waals surface area contributed by atoms with E-state index in [1.165, 1.54) is 22.2 Å². The number of aromatic nitrogens is 1. The van der Waals surface area contributed by atoms with Crippen LogP contribution in [0, 0.1) is 0 Å². The van der Waals surface area contributed by atoms with Crippen molar-refractivity contribution >= 4 is 26.8 Å². The number of nitrogens with one attached hydrogen (secondary N) is 1. The maximum absolute atomic E-state index is 6.04. The molecule has 0 amide bonds. The molecule has 0 unspecified atom stereocenters.